The molecule has 2 heterocycles. The van der Waals surface area contributed by atoms with Crippen LogP contribution in [-0.4, -0.2) is 16.6 Å². The Morgan fingerprint density at radius 3 is 2.37 bits per heavy atom. The summed E-state index contributed by atoms with van der Waals surface area (Å²) in [6.45, 7) is 4.84. The van der Waals surface area contributed by atoms with Crippen LogP contribution in [0.15, 0.2) is 65.3 Å². The summed E-state index contributed by atoms with van der Waals surface area (Å²) in [5, 5.41) is 0.828. The molecule has 0 aliphatic rings. The third-order valence-corrected chi connectivity index (χ3v) is 4.58. The molecule has 136 valence electrons. The molecule has 0 amide bonds. The highest BCUT2D eigenvalue weighted by molar-refractivity contribution is 6.03. The van der Waals surface area contributed by atoms with Crippen molar-refractivity contribution in [2.75, 3.05) is 6.61 Å². The van der Waals surface area contributed by atoms with E-state index < -0.39 is 0 Å². The van der Waals surface area contributed by atoms with Crippen molar-refractivity contribution in [3.05, 3.63) is 66.5 Å². The molecule has 2 aromatic carbocycles. The molecule has 4 rings (SSSR count). The maximum atomic E-state index is 6.19. The predicted octanol–water partition coefficient (Wildman–Crippen LogP) is 5.91. The molecule has 27 heavy (non-hydrogen) atoms. The van der Waals surface area contributed by atoms with E-state index in [1.165, 1.54) is 11.9 Å². The predicted molar refractivity (Wildman–Crippen MR) is 108 cm³/mol. The lowest BCUT2D eigenvalue weighted by atomic mass is 9.98. The van der Waals surface area contributed by atoms with Gasteiger partial charge in [-0.05, 0) is 24.0 Å². The molecule has 0 saturated heterocycles. The smallest absolute Gasteiger partial charge is 0.234 e. The lowest BCUT2D eigenvalue weighted by molar-refractivity contribution is 0.309. The van der Waals surface area contributed by atoms with Crippen molar-refractivity contribution >= 4 is 11.1 Å². The zero-order valence-corrected chi connectivity index (χ0v) is 15.6. The standard InChI is InChI=1S/C23H22N2O2/c1-3-14-26-22-20-19(17-12-10-16(4-2)11-13-17)21(18-8-6-5-7-9-18)27-23(20)25-15-24-22/h5-13,15H,3-4,14H2,1-2H3. The number of ether oxygens (including phenoxy) is 1. The summed E-state index contributed by atoms with van der Waals surface area (Å²) >= 11 is 0. The van der Waals surface area contributed by atoms with Crippen molar-refractivity contribution in [3.63, 3.8) is 0 Å². The summed E-state index contributed by atoms with van der Waals surface area (Å²) in [5.74, 6) is 1.36. The number of hydrogen-bond donors (Lipinski definition) is 0. The topological polar surface area (TPSA) is 48.2 Å². The lowest BCUT2D eigenvalue weighted by Gasteiger charge is -2.08. The molecule has 0 atom stereocenters. The van der Waals surface area contributed by atoms with Gasteiger partial charge in [0.25, 0.3) is 0 Å². The number of aromatic nitrogens is 2. The molecule has 0 N–H and O–H groups in total. The maximum Gasteiger partial charge on any atom is 0.234 e. The molecule has 4 heteroatoms. The van der Waals surface area contributed by atoms with Crippen molar-refractivity contribution in [1.82, 2.24) is 9.97 Å². The van der Waals surface area contributed by atoms with Crippen LogP contribution in [0, 0.1) is 0 Å². The van der Waals surface area contributed by atoms with Gasteiger partial charge in [0, 0.05) is 11.1 Å². The van der Waals surface area contributed by atoms with Crippen LogP contribution in [0.1, 0.15) is 25.8 Å². The molecule has 4 nitrogen and oxygen atoms in total. The van der Waals surface area contributed by atoms with Crippen molar-refractivity contribution in [2.24, 2.45) is 0 Å². The first-order valence-corrected chi connectivity index (χ1v) is 9.36. The molecule has 4 aromatic rings. The molecule has 0 saturated carbocycles. The van der Waals surface area contributed by atoms with Gasteiger partial charge in [-0.3, -0.25) is 0 Å². The Morgan fingerprint density at radius 2 is 1.67 bits per heavy atom. The van der Waals surface area contributed by atoms with E-state index in [0.29, 0.717) is 18.2 Å². The van der Waals surface area contributed by atoms with Crippen LogP contribution in [0.5, 0.6) is 5.88 Å². The third-order valence-electron chi connectivity index (χ3n) is 4.58. The van der Waals surface area contributed by atoms with Gasteiger partial charge >= 0.3 is 0 Å². The normalized spacial score (nSPS) is 11.0. The second-order valence-electron chi connectivity index (χ2n) is 6.43. The Morgan fingerprint density at radius 1 is 0.889 bits per heavy atom. The first kappa shape index (κ1) is 17.3. The second kappa shape index (κ2) is 7.62. The van der Waals surface area contributed by atoms with Gasteiger partial charge in [-0.1, -0.05) is 68.4 Å². The summed E-state index contributed by atoms with van der Waals surface area (Å²) in [6.07, 6.45) is 3.41. The molecule has 2 aromatic heterocycles. The van der Waals surface area contributed by atoms with Gasteiger partial charge in [-0.2, -0.15) is 0 Å². The van der Waals surface area contributed by atoms with E-state index in [2.05, 4.69) is 48.1 Å². The third kappa shape index (κ3) is 3.31. The van der Waals surface area contributed by atoms with Crippen molar-refractivity contribution in [1.29, 1.82) is 0 Å². The molecular weight excluding hydrogens is 336 g/mol. The van der Waals surface area contributed by atoms with E-state index in [-0.39, 0.29) is 0 Å². The fraction of sp³-hybridized carbons (Fsp3) is 0.217. The molecule has 0 spiro atoms. The lowest BCUT2D eigenvalue weighted by Crippen LogP contribution is -1.98. The van der Waals surface area contributed by atoms with E-state index >= 15 is 0 Å². The molecule has 0 bridgehead atoms. The second-order valence-corrected chi connectivity index (χ2v) is 6.43. The van der Waals surface area contributed by atoms with Gasteiger partial charge in [0.2, 0.25) is 11.6 Å². The van der Waals surface area contributed by atoms with Crippen LogP contribution in [0.4, 0.5) is 0 Å². The average molecular weight is 358 g/mol. The minimum absolute atomic E-state index is 0.546. The molecular formula is C23H22N2O2. The van der Waals surface area contributed by atoms with Crippen LogP contribution in [-0.2, 0) is 6.42 Å². The summed E-state index contributed by atoms with van der Waals surface area (Å²) in [6, 6.07) is 18.7. The largest absolute Gasteiger partial charge is 0.477 e. The van der Waals surface area contributed by atoms with Crippen LogP contribution < -0.4 is 4.74 Å². The Labute approximate surface area is 158 Å². The molecule has 0 fully saturated rings. The Bertz CT molecular complexity index is 1040. The van der Waals surface area contributed by atoms with Crippen LogP contribution in [0.3, 0.4) is 0 Å². The zero-order valence-electron chi connectivity index (χ0n) is 15.6. The highest BCUT2D eigenvalue weighted by Crippen LogP contribution is 2.43. The Balaban J connectivity index is 1.98. The highest BCUT2D eigenvalue weighted by atomic mass is 16.5. The molecule has 0 radical (unpaired) electrons. The van der Waals surface area contributed by atoms with E-state index in [1.807, 2.05) is 30.3 Å². The maximum absolute atomic E-state index is 6.19. The van der Waals surface area contributed by atoms with Gasteiger partial charge in [0.15, 0.2) is 0 Å². The van der Waals surface area contributed by atoms with Gasteiger partial charge in [0.1, 0.15) is 17.5 Å². The molecule has 0 aliphatic carbocycles. The monoisotopic (exact) mass is 358 g/mol. The van der Waals surface area contributed by atoms with E-state index in [9.17, 15) is 0 Å². The zero-order chi connectivity index (χ0) is 18.6. The number of fused-ring (bicyclic) bond motifs is 1. The molecule has 0 unspecified atom stereocenters. The Hall–Kier alpha value is -3.14. The number of rotatable bonds is 6. The van der Waals surface area contributed by atoms with Gasteiger partial charge in [-0.25, -0.2) is 9.97 Å². The van der Waals surface area contributed by atoms with Gasteiger partial charge in [0.05, 0.1) is 6.61 Å². The summed E-state index contributed by atoms with van der Waals surface area (Å²) in [5.41, 5.74) is 4.90. The first-order chi connectivity index (χ1) is 13.3. The van der Waals surface area contributed by atoms with Crippen LogP contribution in [0.25, 0.3) is 33.6 Å². The quantitative estimate of drug-likeness (QED) is 0.430. The first-order valence-electron chi connectivity index (χ1n) is 9.36. The number of benzene rings is 2. The average Bonchev–Trinajstić information content (AvgIpc) is 3.13. The molecule has 0 aliphatic heterocycles. The van der Waals surface area contributed by atoms with Crippen molar-refractivity contribution in [2.45, 2.75) is 26.7 Å². The van der Waals surface area contributed by atoms with Gasteiger partial charge < -0.3 is 9.15 Å². The summed E-state index contributed by atoms with van der Waals surface area (Å²) < 4.78 is 12.1. The van der Waals surface area contributed by atoms with Crippen molar-refractivity contribution in [3.8, 4) is 28.3 Å². The highest BCUT2D eigenvalue weighted by Gasteiger charge is 2.22. The number of nitrogens with zero attached hydrogens (tertiary/aromatic N) is 2. The summed E-state index contributed by atoms with van der Waals surface area (Å²) in [4.78, 5) is 8.74. The number of aryl methyl sites for hydroxylation is 1. The van der Waals surface area contributed by atoms with Crippen LogP contribution >= 0.6 is 0 Å². The Kier molecular flexibility index (Phi) is 4.88. The van der Waals surface area contributed by atoms with Gasteiger partial charge in [-0.15, -0.1) is 0 Å². The fourth-order valence-corrected chi connectivity index (χ4v) is 3.19. The minimum atomic E-state index is 0.546. The van der Waals surface area contributed by atoms with Crippen LogP contribution in [0.2, 0.25) is 0 Å². The SMILES string of the molecule is CCCOc1ncnc2oc(-c3ccccc3)c(-c3ccc(CC)cc3)c12. The minimum Gasteiger partial charge on any atom is -0.477 e. The summed E-state index contributed by atoms with van der Waals surface area (Å²) in [7, 11) is 0. The fourth-order valence-electron chi connectivity index (χ4n) is 3.19. The van der Waals surface area contributed by atoms with Crippen molar-refractivity contribution < 1.29 is 9.15 Å². The van der Waals surface area contributed by atoms with E-state index in [4.69, 9.17) is 9.15 Å². The van der Waals surface area contributed by atoms with E-state index in [0.717, 1.165) is 40.7 Å². The number of hydrogen-bond acceptors (Lipinski definition) is 4. The van der Waals surface area contributed by atoms with E-state index in [1.54, 1.807) is 0 Å². The number of furan rings is 1.